The predicted molar refractivity (Wildman–Crippen MR) is 129 cm³/mol. The Morgan fingerprint density at radius 3 is 2.58 bits per heavy atom. The second-order valence-corrected chi connectivity index (χ2v) is 11.7. The molecule has 3 heterocycles. The second-order valence-electron chi connectivity index (χ2n) is 9.42. The summed E-state index contributed by atoms with van der Waals surface area (Å²) in [6, 6.07) is 4.15. The first-order valence-corrected chi connectivity index (χ1v) is 13.8. The monoisotopic (exact) mass is 552 g/mol. The number of halogens is 1. The van der Waals surface area contributed by atoms with Crippen molar-refractivity contribution in [3.8, 4) is 0 Å². The van der Waals surface area contributed by atoms with Gasteiger partial charge in [-0.05, 0) is 25.0 Å². The zero-order chi connectivity index (χ0) is 26.1. The van der Waals surface area contributed by atoms with Gasteiger partial charge in [-0.1, -0.05) is 12.8 Å². The van der Waals surface area contributed by atoms with Crippen LogP contribution in [-0.4, -0.2) is 97.0 Å². The molecule has 4 rings (SSSR count). The van der Waals surface area contributed by atoms with E-state index in [4.69, 9.17) is 26.0 Å². The van der Waals surface area contributed by atoms with Crippen LogP contribution in [0, 0.1) is 0 Å². The van der Waals surface area contributed by atoms with Crippen LogP contribution in [-0.2, 0) is 25.2 Å². The standard InChI is InChI=1S/C21H34ClN4O9P/c1-33-12-21(11-27,36(30,31)32)34-10-18-20(29)19(28)17(35-18)8-14-6-7-16-15(9-25(22)24-26(14)16)23-13-4-2-3-5-13/h6-7,9,13,17-20,23-24,27-29H,2-5,8,10-12H2,1H3,(H2,30,31,32)/t17-,18-,19+,20-,21?/m1/s1. The van der Waals surface area contributed by atoms with Gasteiger partial charge in [0.15, 0.2) is 0 Å². The Labute approximate surface area is 213 Å². The van der Waals surface area contributed by atoms with Crippen LogP contribution in [0.25, 0.3) is 5.70 Å². The van der Waals surface area contributed by atoms with E-state index >= 15 is 0 Å². The number of hydrazine groups is 1. The first kappa shape index (κ1) is 27.6. The quantitative estimate of drug-likeness (QED) is 0.142. The van der Waals surface area contributed by atoms with Crippen molar-refractivity contribution >= 4 is 25.1 Å². The fourth-order valence-corrected chi connectivity index (χ4v) is 5.76. The van der Waals surface area contributed by atoms with Gasteiger partial charge in [-0.25, -0.2) is 10.2 Å². The van der Waals surface area contributed by atoms with E-state index in [0.717, 1.165) is 29.9 Å². The Morgan fingerprint density at radius 1 is 1.25 bits per heavy atom. The van der Waals surface area contributed by atoms with Crippen molar-refractivity contribution in [3.05, 3.63) is 29.7 Å². The Bertz CT molecular complexity index is 985. The molecule has 1 aliphatic carbocycles. The predicted octanol–water partition coefficient (Wildman–Crippen LogP) is -0.192. The average Bonchev–Trinajstić information content (AvgIpc) is 3.53. The summed E-state index contributed by atoms with van der Waals surface area (Å²) in [5.41, 5.74) is 5.45. The van der Waals surface area contributed by atoms with Crippen molar-refractivity contribution in [2.24, 2.45) is 0 Å². The van der Waals surface area contributed by atoms with E-state index in [-0.39, 0.29) is 6.42 Å². The highest BCUT2D eigenvalue weighted by Gasteiger charge is 2.51. The molecule has 0 bridgehead atoms. The number of nitrogens with zero attached hydrogens (tertiary/aromatic N) is 2. The fraction of sp³-hybridized carbons (Fsp3) is 0.714. The summed E-state index contributed by atoms with van der Waals surface area (Å²) in [5, 5.41) is 32.0. The molecule has 5 atom stereocenters. The van der Waals surface area contributed by atoms with Crippen LogP contribution in [0.2, 0.25) is 0 Å². The van der Waals surface area contributed by atoms with Gasteiger partial charge in [0.1, 0.15) is 18.3 Å². The molecule has 0 amide bonds. The summed E-state index contributed by atoms with van der Waals surface area (Å²) in [5.74, 6) is 0. The van der Waals surface area contributed by atoms with Crippen LogP contribution in [0.4, 0.5) is 0 Å². The molecule has 2 aliphatic heterocycles. The highest BCUT2D eigenvalue weighted by atomic mass is 35.5. The number of hydrogen-bond acceptors (Lipinski definition) is 10. The largest absolute Gasteiger partial charge is 0.393 e. The van der Waals surface area contributed by atoms with Crippen LogP contribution in [0.15, 0.2) is 18.3 Å². The molecule has 204 valence electrons. The molecule has 36 heavy (non-hydrogen) atoms. The van der Waals surface area contributed by atoms with Gasteiger partial charge >= 0.3 is 7.60 Å². The van der Waals surface area contributed by atoms with Crippen molar-refractivity contribution in [1.82, 2.24) is 14.5 Å². The molecular formula is C21H34ClN4O9P. The molecular weight excluding hydrogens is 519 g/mol. The second kappa shape index (κ2) is 11.2. The van der Waals surface area contributed by atoms with Crippen LogP contribution < -0.4 is 10.9 Å². The van der Waals surface area contributed by atoms with Gasteiger partial charge in [0, 0.05) is 37.0 Å². The number of rotatable bonds is 11. The van der Waals surface area contributed by atoms with Gasteiger partial charge in [-0.2, -0.15) is 4.53 Å². The number of aromatic nitrogens is 1. The Kier molecular flexibility index (Phi) is 8.57. The molecule has 1 saturated carbocycles. The molecule has 1 saturated heterocycles. The zero-order valence-electron chi connectivity index (χ0n) is 19.9. The van der Waals surface area contributed by atoms with Gasteiger partial charge < -0.3 is 44.6 Å². The number of fused-ring (bicyclic) bond motifs is 1. The lowest BCUT2D eigenvalue weighted by Gasteiger charge is -2.32. The van der Waals surface area contributed by atoms with E-state index in [1.807, 2.05) is 12.1 Å². The van der Waals surface area contributed by atoms with E-state index in [1.54, 1.807) is 10.9 Å². The maximum Gasteiger partial charge on any atom is 0.361 e. The number of aliphatic hydroxyl groups is 3. The first-order chi connectivity index (χ1) is 17.1. The average molecular weight is 553 g/mol. The Morgan fingerprint density at radius 2 is 1.94 bits per heavy atom. The lowest BCUT2D eigenvalue weighted by atomic mass is 10.0. The SMILES string of the molecule is COCC(CO)(OC[C@H]1O[C@H](Cc2ccc3n2NN(Cl)C=C3NC2CCCC2)[C@H](O)[C@@H]1O)P(=O)(O)O. The summed E-state index contributed by atoms with van der Waals surface area (Å²) in [7, 11) is -3.74. The zero-order valence-corrected chi connectivity index (χ0v) is 21.5. The molecule has 2 fully saturated rings. The number of aliphatic hydroxyl groups excluding tert-OH is 3. The maximum atomic E-state index is 11.9. The lowest BCUT2D eigenvalue weighted by Crippen LogP contribution is -2.44. The normalized spacial score (nSPS) is 28.5. The Hall–Kier alpha value is -1.38. The third-order valence-electron chi connectivity index (χ3n) is 6.93. The molecule has 1 unspecified atom stereocenters. The highest BCUT2D eigenvalue weighted by Crippen LogP contribution is 2.51. The van der Waals surface area contributed by atoms with E-state index in [0.29, 0.717) is 6.04 Å². The number of methoxy groups -OCH3 is 1. The first-order valence-electron chi connectivity index (χ1n) is 11.8. The van der Waals surface area contributed by atoms with Gasteiger partial charge in [0.25, 0.3) is 0 Å². The topological polar surface area (TPSA) is 178 Å². The molecule has 1 aromatic rings. The third kappa shape index (κ3) is 5.56. The van der Waals surface area contributed by atoms with E-state index in [1.165, 1.54) is 24.5 Å². The molecule has 15 heteroatoms. The minimum Gasteiger partial charge on any atom is -0.393 e. The van der Waals surface area contributed by atoms with E-state index < -0.39 is 57.2 Å². The van der Waals surface area contributed by atoms with Crippen LogP contribution in [0.1, 0.15) is 37.1 Å². The van der Waals surface area contributed by atoms with Crippen molar-refractivity contribution in [2.45, 2.75) is 67.9 Å². The van der Waals surface area contributed by atoms with Crippen LogP contribution >= 0.6 is 19.4 Å². The molecule has 13 nitrogen and oxygen atoms in total. The summed E-state index contributed by atoms with van der Waals surface area (Å²) in [6.45, 7) is -2.08. The minimum absolute atomic E-state index is 0.199. The van der Waals surface area contributed by atoms with Crippen molar-refractivity contribution < 1.29 is 43.9 Å². The van der Waals surface area contributed by atoms with Gasteiger partial charge in [-0.15, -0.1) is 0 Å². The molecule has 0 aromatic carbocycles. The van der Waals surface area contributed by atoms with Gasteiger partial charge in [0.05, 0.1) is 43.5 Å². The van der Waals surface area contributed by atoms with Crippen molar-refractivity contribution in [3.63, 3.8) is 0 Å². The minimum atomic E-state index is -4.95. The molecule has 3 aliphatic rings. The summed E-state index contributed by atoms with van der Waals surface area (Å²) in [6.07, 6.45) is 1.92. The number of ether oxygens (including phenoxy) is 3. The van der Waals surface area contributed by atoms with Crippen molar-refractivity contribution in [2.75, 3.05) is 32.5 Å². The molecule has 0 spiro atoms. The molecule has 0 radical (unpaired) electrons. The smallest absolute Gasteiger partial charge is 0.361 e. The van der Waals surface area contributed by atoms with E-state index in [2.05, 4.69) is 10.9 Å². The summed E-state index contributed by atoms with van der Waals surface area (Å²) in [4.78, 5) is 19.4. The number of hydrogen-bond donors (Lipinski definition) is 7. The fourth-order valence-electron chi connectivity index (χ4n) is 4.87. The summed E-state index contributed by atoms with van der Waals surface area (Å²) < 4.78 is 31.0. The third-order valence-corrected chi connectivity index (χ3v) is 8.56. The van der Waals surface area contributed by atoms with Crippen LogP contribution in [0.5, 0.6) is 0 Å². The summed E-state index contributed by atoms with van der Waals surface area (Å²) >= 11 is 6.26. The van der Waals surface area contributed by atoms with Gasteiger partial charge in [0.2, 0.25) is 5.34 Å². The van der Waals surface area contributed by atoms with E-state index in [9.17, 15) is 29.7 Å². The molecule has 7 N–H and O–H groups in total. The number of nitrogens with one attached hydrogen (secondary N) is 2. The highest BCUT2D eigenvalue weighted by molar-refractivity contribution is 7.53. The Balaban J connectivity index is 1.44. The van der Waals surface area contributed by atoms with Gasteiger partial charge in [-0.3, -0.25) is 4.57 Å². The van der Waals surface area contributed by atoms with Crippen molar-refractivity contribution in [1.29, 1.82) is 0 Å². The molecule has 1 aromatic heterocycles. The lowest BCUT2D eigenvalue weighted by molar-refractivity contribution is -0.118. The maximum absolute atomic E-state index is 11.9. The van der Waals surface area contributed by atoms with Crippen LogP contribution in [0.3, 0.4) is 0 Å².